The quantitative estimate of drug-likeness (QED) is 0.753. The molecule has 1 saturated carbocycles. The van der Waals surface area contributed by atoms with Crippen molar-refractivity contribution >= 4 is 6.21 Å². The van der Waals surface area contributed by atoms with Crippen molar-refractivity contribution in [3.63, 3.8) is 0 Å². The number of fused-ring (bicyclic) bond motifs is 3. The molecule has 1 nitrogen and oxygen atoms in total. The van der Waals surface area contributed by atoms with Crippen LogP contribution in [0.3, 0.4) is 0 Å². The highest BCUT2D eigenvalue weighted by Gasteiger charge is 2.83. The second-order valence-electron chi connectivity index (χ2n) is 6.81. The minimum atomic E-state index is -0.107. The molecule has 2 aliphatic rings. The predicted molar refractivity (Wildman–Crippen MR) is 87.9 cm³/mol. The molecule has 0 amide bonds. The van der Waals surface area contributed by atoms with Crippen molar-refractivity contribution in [1.29, 1.82) is 0 Å². The highest BCUT2D eigenvalue weighted by Crippen LogP contribution is 2.81. The topological polar surface area (TPSA) is 12.4 Å². The first kappa shape index (κ1) is 12.8. The van der Waals surface area contributed by atoms with Crippen molar-refractivity contribution < 1.29 is 0 Å². The molecule has 0 bridgehead atoms. The van der Waals surface area contributed by atoms with Crippen molar-refractivity contribution in [2.45, 2.75) is 38.1 Å². The van der Waals surface area contributed by atoms with E-state index < -0.39 is 0 Å². The molecule has 1 heteroatoms. The van der Waals surface area contributed by atoms with Crippen LogP contribution in [0.5, 0.6) is 0 Å². The summed E-state index contributed by atoms with van der Waals surface area (Å²) in [6, 6.07) is 19.6. The van der Waals surface area contributed by atoms with Gasteiger partial charge in [-0.15, -0.1) is 0 Å². The van der Waals surface area contributed by atoms with Crippen molar-refractivity contribution in [3.05, 3.63) is 71.3 Å². The summed E-state index contributed by atoms with van der Waals surface area (Å²) in [6.45, 7) is 7.07. The Labute approximate surface area is 126 Å². The number of hydrogen-bond acceptors (Lipinski definition) is 1. The van der Waals surface area contributed by atoms with Crippen molar-refractivity contribution in [1.82, 2.24) is 0 Å². The molecule has 0 saturated heterocycles. The molecule has 0 spiro atoms. The van der Waals surface area contributed by atoms with Gasteiger partial charge in [0.1, 0.15) is 5.54 Å². The molecule has 21 heavy (non-hydrogen) atoms. The number of nitrogens with zero attached hydrogens (tertiary/aromatic N) is 1. The van der Waals surface area contributed by atoms with Crippen LogP contribution in [0.25, 0.3) is 0 Å². The van der Waals surface area contributed by atoms with E-state index in [1.807, 2.05) is 0 Å². The van der Waals surface area contributed by atoms with Gasteiger partial charge in [0.2, 0.25) is 0 Å². The molecule has 1 fully saturated rings. The van der Waals surface area contributed by atoms with Gasteiger partial charge >= 0.3 is 0 Å². The average Bonchev–Trinajstić information content (AvgIpc) is 3.00. The van der Waals surface area contributed by atoms with Gasteiger partial charge in [0.25, 0.3) is 0 Å². The zero-order valence-corrected chi connectivity index (χ0v) is 12.9. The lowest BCUT2D eigenvalue weighted by atomic mass is 9.80. The maximum atomic E-state index is 5.12. The first-order valence-corrected chi connectivity index (χ1v) is 7.82. The molecule has 2 aromatic carbocycles. The van der Waals surface area contributed by atoms with E-state index in [4.69, 9.17) is 4.99 Å². The summed E-state index contributed by atoms with van der Waals surface area (Å²) in [5.74, 6) is 0. The monoisotopic (exact) mass is 275 g/mol. The van der Waals surface area contributed by atoms with Gasteiger partial charge in [-0.05, 0) is 23.1 Å². The molecule has 0 aromatic heterocycles. The third-order valence-electron chi connectivity index (χ3n) is 6.07. The maximum absolute atomic E-state index is 5.12. The molecule has 2 atom stereocenters. The molecule has 1 aliphatic carbocycles. The van der Waals surface area contributed by atoms with Crippen LogP contribution >= 0.6 is 0 Å². The Morgan fingerprint density at radius 1 is 0.905 bits per heavy atom. The van der Waals surface area contributed by atoms with E-state index in [9.17, 15) is 0 Å². The van der Waals surface area contributed by atoms with Gasteiger partial charge in [-0.25, -0.2) is 0 Å². The zero-order chi connectivity index (χ0) is 14.7. The fourth-order valence-corrected chi connectivity index (χ4v) is 5.16. The fraction of sp³-hybridized carbons (Fsp3) is 0.350. The summed E-state index contributed by atoms with van der Waals surface area (Å²) in [6.07, 6.45) is 3.20. The second-order valence-corrected chi connectivity index (χ2v) is 6.81. The third-order valence-corrected chi connectivity index (χ3v) is 6.07. The number of hydrogen-bond donors (Lipinski definition) is 0. The lowest BCUT2D eigenvalue weighted by Gasteiger charge is -2.27. The smallest absolute Gasteiger partial charge is 0.102 e. The third kappa shape index (κ3) is 1.18. The Balaban J connectivity index is 2.03. The Bertz CT molecular complexity index is 729. The van der Waals surface area contributed by atoms with E-state index in [0.29, 0.717) is 0 Å². The Kier molecular flexibility index (Phi) is 2.35. The summed E-state index contributed by atoms with van der Waals surface area (Å²) in [7, 11) is 0. The summed E-state index contributed by atoms with van der Waals surface area (Å²) in [4.78, 5) is 5.12. The van der Waals surface area contributed by atoms with Crippen molar-refractivity contribution in [2.24, 2.45) is 10.4 Å². The SMILES string of the molecule is CCC12c3ccccc3C=NC1(c1ccccc1)C2(C)C. The molecular weight excluding hydrogens is 254 g/mol. The van der Waals surface area contributed by atoms with Crippen LogP contribution in [0.15, 0.2) is 59.6 Å². The van der Waals surface area contributed by atoms with Gasteiger partial charge in [0.15, 0.2) is 0 Å². The average molecular weight is 275 g/mol. The second kappa shape index (κ2) is 3.85. The Morgan fingerprint density at radius 2 is 1.57 bits per heavy atom. The Morgan fingerprint density at radius 3 is 2.29 bits per heavy atom. The molecule has 2 aromatic rings. The van der Waals surface area contributed by atoms with Crippen molar-refractivity contribution in [3.8, 4) is 0 Å². The zero-order valence-electron chi connectivity index (χ0n) is 12.9. The molecular formula is C20H21N. The first-order valence-electron chi connectivity index (χ1n) is 7.82. The van der Waals surface area contributed by atoms with Crippen LogP contribution in [0.2, 0.25) is 0 Å². The minimum Gasteiger partial charge on any atom is -0.280 e. The van der Waals surface area contributed by atoms with Crippen LogP contribution in [0.4, 0.5) is 0 Å². The maximum Gasteiger partial charge on any atom is 0.102 e. The Hall–Kier alpha value is -1.89. The van der Waals surface area contributed by atoms with E-state index >= 15 is 0 Å². The van der Waals surface area contributed by atoms with Gasteiger partial charge in [-0.3, -0.25) is 4.99 Å². The van der Waals surface area contributed by atoms with Gasteiger partial charge < -0.3 is 0 Å². The first-order chi connectivity index (χ1) is 10.1. The molecule has 106 valence electrons. The summed E-state index contributed by atoms with van der Waals surface area (Å²) >= 11 is 0. The van der Waals surface area contributed by atoms with Crippen LogP contribution in [0.1, 0.15) is 43.9 Å². The van der Waals surface area contributed by atoms with E-state index in [1.165, 1.54) is 16.7 Å². The normalized spacial score (nSPS) is 31.4. The molecule has 2 unspecified atom stereocenters. The summed E-state index contributed by atoms with van der Waals surface area (Å²) < 4.78 is 0. The fourth-order valence-electron chi connectivity index (χ4n) is 5.16. The lowest BCUT2D eigenvalue weighted by molar-refractivity contribution is 0.481. The molecule has 0 radical (unpaired) electrons. The highest BCUT2D eigenvalue weighted by molar-refractivity contribution is 5.88. The van der Waals surface area contributed by atoms with Crippen LogP contribution in [-0.4, -0.2) is 6.21 Å². The molecule has 1 aliphatic heterocycles. The lowest BCUT2D eigenvalue weighted by Crippen LogP contribution is -2.25. The summed E-state index contributed by atoms with van der Waals surface area (Å²) in [5.41, 5.74) is 4.26. The number of rotatable bonds is 2. The van der Waals surface area contributed by atoms with Crippen LogP contribution < -0.4 is 0 Å². The van der Waals surface area contributed by atoms with Gasteiger partial charge in [-0.1, -0.05) is 75.4 Å². The van der Waals surface area contributed by atoms with Gasteiger partial charge in [-0.2, -0.15) is 0 Å². The van der Waals surface area contributed by atoms with Crippen molar-refractivity contribution in [2.75, 3.05) is 0 Å². The number of benzene rings is 2. The van der Waals surface area contributed by atoms with Gasteiger partial charge in [0.05, 0.1) is 0 Å². The largest absolute Gasteiger partial charge is 0.280 e. The molecule has 4 rings (SSSR count). The van der Waals surface area contributed by atoms with E-state index in [-0.39, 0.29) is 16.4 Å². The van der Waals surface area contributed by atoms with E-state index in [2.05, 4.69) is 81.6 Å². The molecule has 0 N–H and O–H groups in total. The predicted octanol–water partition coefficient (Wildman–Crippen LogP) is 4.70. The van der Waals surface area contributed by atoms with E-state index in [0.717, 1.165) is 6.42 Å². The minimum absolute atomic E-state index is 0.107. The standard InChI is InChI=1S/C20H21N/c1-4-19-17-13-9-8-10-15(17)14-21-20(19,18(19,2)3)16-11-6-5-7-12-16/h5-14H,4H2,1-3H3. The highest BCUT2D eigenvalue weighted by atomic mass is 15.1. The summed E-state index contributed by atoms with van der Waals surface area (Å²) in [5, 5.41) is 0. The van der Waals surface area contributed by atoms with Crippen LogP contribution in [-0.2, 0) is 11.0 Å². The number of aliphatic imine (C=N–C) groups is 1. The van der Waals surface area contributed by atoms with E-state index in [1.54, 1.807) is 0 Å². The van der Waals surface area contributed by atoms with Gasteiger partial charge in [0, 0.05) is 17.0 Å². The van der Waals surface area contributed by atoms with Crippen LogP contribution in [0, 0.1) is 5.41 Å². The molecule has 1 heterocycles.